The molecule has 2 N–H and O–H groups in total. The molecule has 0 saturated heterocycles. The number of hydrogen-bond acceptors (Lipinski definition) is 7. The topological polar surface area (TPSA) is 83.3 Å². The van der Waals surface area contributed by atoms with Crippen LogP contribution < -0.4 is 0 Å². The summed E-state index contributed by atoms with van der Waals surface area (Å²) in [4.78, 5) is 21.2. The van der Waals surface area contributed by atoms with Gasteiger partial charge in [0.1, 0.15) is 22.0 Å². The van der Waals surface area contributed by atoms with Gasteiger partial charge in [-0.05, 0) is 12.8 Å². The van der Waals surface area contributed by atoms with Crippen LogP contribution in [-0.4, -0.2) is 32.1 Å². The second-order valence-corrected chi connectivity index (χ2v) is 7.26. The van der Waals surface area contributed by atoms with E-state index in [-0.39, 0.29) is 31.3 Å². The van der Waals surface area contributed by atoms with Gasteiger partial charge in [-0.15, -0.1) is 22.7 Å². The van der Waals surface area contributed by atoms with Crippen LogP contribution in [0.25, 0.3) is 10.6 Å². The van der Waals surface area contributed by atoms with Crippen molar-refractivity contribution in [3.63, 3.8) is 0 Å². The Kier molecular flexibility index (Phi) is 4.62. The molecule has 8 heteroatoms. The largest absolute Gasteiger partial charge is 0.390 e. The van der Waals surface area contributed by atoms with E-state index in [0.29, 0.717) is 39.1 Å². The van der Waals surface area contributed by atoms with Crippen LogP contribution in [0.3, 0.4) is 0 Å². The van der Waals surface area contributed by atoms with Crippen LogP contribution in [0, 0.1) is 5.92 Å². The number of hydrogen-bond donors (Lipinski definition) is 2. The third-order valence-corrected chi connectivity index (χ3v) is 5.63. The Bertz CT molecular complexity index is 679. The molecule has 0 bridgehead atoms. The second kappa shape index (κ2) is 6.49. The molecule has 0 amide bonds. The van der Waals surface area contributed by atoms with Gasteiger partial charge in [-0.3, -0.25) is 4.79 Å². The Morgan fingerprint density at radius 1 is 1.27 bits per heavy atom. The number of aliphatic hydroxyl groups is 2. The minimum atomic E-state index is -0.831. The molecular formula is C14H15FN2O3S2. The molecule has 0 radical (unpaired) electrons. The molecule has 5 nitrogen and oxygen atoms in total. The van der Waals surface area contributed by atoms with Crippen molar-refractivity contribution in [3.8, 4) is 10.6 Å². The van der Waals surface area contributed by atoms with Gasteiger partial charge >= 0.3 is 0 Å². The summed E-state index contributed by atoms with van der Waals surface area (Å²) in [5.41, 5.74) is 1.14. The van der Waals surface area contributed by atoms with Crippen molar-refractivity contribution in [1.29, 1.82) is 0 Å². The number of Topliss-reactive ketones (excluding diaryl/α,β-unsaturated/α-hetero) is 1. The predicted octanol–water partition coefficient (Wildman–Crippen LogP) is 2.11. The zero-order chi connectivity index (χ0) is 15.7. The Labute approximate surface area is 134 Å². The first-order valence-electron chi connectivity index (χ1n) is 6.92. The maximum absolute atomic E-state index is 12.8. The number of ketones is 1. The van der Waals surface area contributed by atoms with Crippen molar-refractivity contribution in [3.05, 3.63) is 21.1 Å². The van der Waals surface area contributed by atoms with Crippen molar-refractivity contribution >= 4 is 28.5 Å². The number of carbonyl (C=O) groups is 1. The quantitative estimate of drug-likeness (QED) is 0.840. The summed E-state index contributed by atoms with van der Waals surface area (Å²) in [6, 6.07) is 0. The summed E-state index contributed by atoms with van der Waals surface area (Å²) < 4.78 is 12.8. The molecule has 2 aromatic rings. The van der Waals surface area contributed by atoms with Crippen LogP contribution in [-0.2, 0) is 24.4 Å². The van der Waals surface area contributed by atoms with E-state index in [1.54, 1.807) is 0 Å². The first-order chi connectivity index (χ1) is 10.6. The molecule has 1 saturated carbocycles. The van der Waals surface area contributed by atoms with Gasteiger partial charge in [-0.2, -0.15) is 0 Å². The van der Waals surface area contributed by atoms with E-state index < -0.39 is 6.17 Å². The Balaban J connectivity index is 1.73. The Morgan fingerprint density at radius 3 is 2.68 bits per heavy atom. The zero-order valence-corrected chi connectivity index (χ0v) is 13.3. The molecule has 0 spiro atoms. The predicted molar refractivity (Wildman–Crippen MR) is 81.4 cm³/mol. The molecule has 1 aliphatic carbocycles. The molecule has 2 heterocycles. The van der Waals surface area contributed by atoms with Crippen LogP contribution in [0.2, 0.25) is 0 Å². The Morgan fingerprint density at radius 2 is 2.05 bits per heavy atom. The number of carbonyl (C=O) groups excluding carboxylic acids is 1. The van der Waals surface area contributed by atoms with Crippen molar-refractivity contribution in [1.82, 2.24) is 9.97 Å². The summed E-state index contributed by atoms with van der Waals surface area (Å²) >= 11 is 2.65. The molecule has 3 rings (SSSR count). The summed E-state index contributed by atoms with van der Waals surface area (Å²) in [7, 11) is 0. The second-order valence-electron chi connectivity index (χ2n) is 5.23. The molecule has 0 unspecified atom stereocenters. The van der Waals surface area contributed by atoms with Gasteiger partial charge in [-0.25, -0.2) is 14.4 Å². The standard InChI is InChI=1S/C14H15FN2O3S2/c15-8-1-7(2-8)11(20)3-12-17-10(6-21-12)14-9(4-18)16-13(5-19)22-14/h6-8,18-19H,1-5H2. The minimum absolute atomic E-state index is 0.0394. The summed E-state index contributed by atoms with van der Waals surface area (Å²) in [6.07, 6.45) is 0.0604. The molecule has 2 aromatic heterocycles. The molecule has 0 atom stereocenters. The lowest BCUT2D eigenvalue weighted by molar-refractivity contribution is -0.126. The number of alkyl halides is 1. The first-order valence-corrected chi connectivity index (χ1v) is 8.62. The van der Waals surface area contributed by atoms with Crippen LogP contribution in [0.4, 0.5) is 4.39 Å². The fourth-order valence-electron chi connectivity index (χ4n) is 2.38. The van der Waals surface area contributed by atoms with Crippen LogP contribution >= 0.6 is 22.7 Å². The smallest absolute Gasteiger partial charge is 0.142 e. The lowest BCUT2D eigenvalue weighted by Gasteiger charge is -2.27. The van der Waals surface area contributed by atoms with Gasteiger partial charge in [-0.1, -0.05) is 0 Å². The van der Waals surface area contributed by atoms with Crippen molar-refractivity contribution < 1.29 is 19.4 Å². The van der Waals surface area contributed by atoms with Crippen LogP contribution in [0.15, 0.2) is 5.38 Å². The number of rotatable bonds is 6. The van der Waals surface area contributed by atoms with Crippen molar-refractivity contribution in [2.75, 3.05) is 0 Å². The van der Waals surface area contributed by atoms with Gasteiger partial charge in [0, 0.05) is 11.3 Å². The number of halogens is 1. The monoisotopic (exact) mass is 342 g/mol. The average molecular weight is 342 g/mol. The minimum Gasteiger partial charge on any atom is -0.390 e. The number of thiazole rings is 2. The normalized spacial score (nSPS) is 20.9. The molecule has 0 aromatic carbocycles. The van der Waals surface area contributed by atoms with Gasteiger partial charge < -0.3 is 10.2 Å². The third-order valence-electron chi connectivity index (χ3n) is 3.67. The summed E-state index contributed by atoms with van der Waals surface area (Å²) in [5.74, 6) is -0.128. The fourth-order valence-corrected chi connectivity index (χ4v) is 4.14. The average Bonchev–Trinajstić information content (AvgIpc) is 3.09. The molecule has 22 heavy (non-hydrogen) atoms. The fraction of sp³-hybridized carbons (Fsp3) is 0.500. The van der Waals surface area contributed by atoms with Gasteiger partial charge in [0.25, 0.3) is 0 Å². The van der Waals surface area contributed by atoms with Gasteiger partial charge in [0.05, 0.1) is 35.9 Å². The molecule has 0 aliphatic heterocycles. The highest BCUT2D eigenvalue weighted by Crippen LogP contribution is 2.34. The number of aliphatic hydroxyl groups excluding tert-OH is 2. The van der Waals surface area contributed by atoms with Gasteiger partial charge in [0.2, 0.25) is 0 Å². The van der Waals surface area contributed by atoms with Crippen molar-refractivity contribution in [2.24, 2.45) is 5.92 Å². The SMILES string of the molecule is O=C(Cc1nc(-c2sc(CO)nc2CO)cs1)C1CC(F)C1. The van der Waals surface area contributed by atoms with E-state index >= 15 is 0 Å². The Hall–Kier alpha value is -1.22. The van der Waals surface area contributed by atoms with Crippen LogP contribution in [0.5, 0.6) is 0 Å². The van der Waals surface area contributed by atoms with Crippen LogP contribution in [0.1, 0.15) is 28.6 Å². The van der Waals surface area contributed by atoms with E-state index in [2.05, 4.69) is 9.97 Å². The lowest BCUT2D eigenvalue weighted by atomic mass is 9.79. The summed E-state index contributed by atoms with van der Waals surface area (Å²) in [5, 5.41) is 21.5. The molecule has 118 valence electrons. The maximum Gasteiger partial charge on any atom is 0.142 e. The highest BCUT2D eigenvalue weighted by atomic mass is 32.1. The van der Waals surface area contributed by atoms with E-state index in [9.17, 15) is 14.3 Å². The van der Waals surface area contributed by atoms with Crippen molar-refractivity contribution in [2.45, 2.75) is 38.6 Å². The highest BCUT2D eigenvalue weighted by molar-refractivity contribution is 7.16. The van der Waals surface area contributed by atoms with E-state index in [4.69, 9.17) is 5.11 Å². The highest BCUT2D eigenvalue weighted by Gasteiger charge is 2.34. The van der Waals surface area contributed by atoms with E-state index in [1.165, 1.54) is 22.7 Å². The summed E-state index contributed by atoms with van der Waals surface area (Å²) in [6.45, 7) is -0.406. The lowest BCUT2D eigenvalue weighted by Crippen LogP contribution is -2.32. The van der Waals surface area contributed by atoms with E-state index in [0.717, 1.165) is 0 Å². The number of nitrogens with zero attached hydrogens (tertiary/aromatic N) is 2. The first kappa shape index (κ1) is 15.7. The molecule has 1 fully saturated rings. The third kappa shape index (κ3) is 3.10. The maximum atomic E-state index is 12.8. The molecule has 1 aliphatic rings. The molecular weight excluding hydrogens is 327 g/mol. The zero-order valence-electron chi connectivity index (χ0n) is 11.7. The number of aromatic nitrogens is 2. The van der Waals surface area contributed by atoms with Gasteiger partial charge in [0.15, 0.2) is 0 Å². The van der Waals surface area contributed by atoms with E-state index in [1.807, 2.05) is 5.38 Å².